The van der Waals surface area contributed by atoms with Crippen LogP contribution in [-0.4, -0.2) is 30.9 Å². The first kappa shape index (κ1) is 14.2. The quantitative estimate of drug-likeness (QED) is 0.875. The molecule has 0 aromatic heterocycles. The highest BCUT2D eigenvalue weighted by molar-refractivity contribution is 9.10. The number of rotatable bonds is 6. The first-order chi connectivity index (χ1) is 8.15. The Balaban J connectivity index is 2.59. The molecule has 0 heterocycles. The molecule has 17 heavy (non-hydrogen) atoms. The maximum Gasteiger partial charge on any atom is 0.233 e. The standard InChI is InChI=1S/C13H19BrN2O/c1-3-8-16(10-13(17)15-2)9-11-4-6-12(14)7-5-11/h4-7H,3,8-10H2,1-2H3,(H,15,17). The van der Waals surface area contributed by atoms with Crippen LogP contribution in [0.1, 0.15) is 18.9 Å². The monoisotopic (exact) mass is 298 g/mol. The van der Waals surface area contributed by atoms with E-state index in [-0.39, 0.29) is 5.91 Å². The number of carbonyl (C=O) groups is 1. The summed E-state index contributed by atoms with van der Waals surface area (Å²) >= 11 is 3.42. The minimum Gasteiger partial charge on any atom is -0.358 e. The van der Waals surface area contributed by atoms with Crippen LogP contribution in [0.3, 0.4) is 0 Å². The molecule has 0 radical (unpaired) electrons. The van der Waals surface area contributed by atoms with Gasteiger partial charge in [-0.05, 0) is 30.7 Å². The molecule has 0 aliphatic rings. The van der Waals surface area contributed by atoms with Crippen molar-refractivity contribution in [3.8, 4) is 0 Å². The third kappa shape index (κ3) is 5.33. The molecule has 0 spiro atoms. The first-order valence-electron chi connectivity index (χ1n) is 5.83. The number of nitrogens with zero attached hydrogens (tertiary/aromatic N) is 1. The first-order valence-corrected chi connectivity index (χ1v) is 6.62. The van der Waals surface area contributed by atoms with E-state index in [2.05, 4.69) is 45.2 Å². The van der Waals surface area contributed by atoms with Crippen molar-refractivity contribution in [2.24, 2.45) is 0 Å². The zero-order valence-electron chi connectivity index (χ0n) is 10.4. The Bertz CT molecular complexity index is 351. The van der Waals surface area contributed by atoms with Gasteiger partial charge in [-0.1, -0.05) is 35.0 Å². The topological polar surface area (TPSA) is 32.3 Å². The van der Waals surface area contributed by atoms with Crippen molar-refractivity contribution in [1.82, 2.24) is 10.2 Å². The lowest BCUT2D eigenvalue weighted by molar-refractivity contribution is -0.121. The maximum atomic E-state index is 11.4. The molecular weight excluding hydrogens is 280 g/mol. The third-order valence-corrected chi connectivity index (χ3v) is 3.03. The van der Waals surface area contributed by atoms with Gasteiger partial charge < -0.3 is 5.32 Å². The van der Waals surface area contributed by atoms with Crippen molar-refractivity contribution < 1.29 is 4.79 Å². The number of nitrogens with one attached hydrogen (secondary N) is 1. The summed E-state index contributed by atoms with van der Waals surface area (Å²) in [6, 6.07) is 8.21. The van der Waals surface area contributed by atoms with E-state index in [1.807, 2.05) is 12.1 Å². The van der Waals surface area contributed by atoms with Crippen LogP contribution in [0.4, 0.5) is 0 Å². The Hall–Kier alpha value is -0.870. The summed E-state index contributed by atoms with van der Waals surface area (Å²) in [5.41, 5.74) is 1.23. The van der Waals surface area contributed by atoms with Gasteiger partial charge in [-0.15, -0.1) is 0 Å². The van der Waals surface area contributed by atoms with E-state index in [0.29, 0.717) is 6.54 Å². The summed E-state index contributed by atoms with van der Waals surface area (Å²) in [5, 5.41) is 2.66. The van der Waals surface area contributed by atoms with E-state index >= 15 is 0 Å². The lowest BCUT2D eigenvalue weighted by atomic mass is 10.2. The molecule has 0 fully saturated rings. The zero-order chi connectivity index (χ0) is 12.7. The Labute approximate surface area is 111 Å². The van der Waals surface area contributed by atoms with Gasteiger partial charge in [-0.2, -0.15) is 0 Å². The van der Waals surface area contributed by atoms with Crippen LogP contribution in [0.2, 0.25) is 0 Å². The van der Waals surface area contributed by atoms with Crippen LogP contribution >= 0.6 is 15.9 Å². The van der Waals surface area contributed by atoms with Gasteiger partial charge in [0.2, 0.25) is 5.91 Å². The van der Waals surface area contributed by atoms with E-state index in [9.17, 15) is 4.79 Å². The molecule has 1 aromatic rings. The highest BCUT2D eigenvalue weighted by Gasteiger charge is 2.09. The van der Waals surface area contributed by atoms with Gasteiger partial charge in [0.15, 0.2) is 0 Å². The Morgan fingerprint density at radius 3 is 2.53 bits per heavy atom. The van der Waals surface area contributed by atoms with Gasteiger partial charge in [0, 0.05) is 18.1 Å². The summed E-state index contributed by atoms with van der Waals surface area (Å²) in [6.45, 7) is 4.33. The average Bonchev–Trinajstić information content (AvgIpc) is 2.32. The molecule has 0 unspecified atom stereocenters. The highest BCUT2D eigenvalue weighted by Crippen LogP contribution is 2.12. The fourth-order valence-corrected chi connectivity index (χ4v) is 1.92. The fourth-order valence-electron chi connectivity index (χ4n) is 1.66. The summed E-state index contributed by atoms with van der Waals surface area (Å²) in [7, 11) is 1.67. The fraction of sp³-hybridized carbons (Fsp3) is 0.462. The molecular formula is C13H19BrN2O. The zero-order valence-corrected chi connectivity index (χ0v) is 12.0. The Morgan fingerprint density at radius 1 is 1.35 bits per heavy atom. The number of likely N-dealkylation sites (N-methyl/N-ethyl adjacent to an activating group) is 1. The lowest BCUT2D eigenvalue weighted by Crippen LogP contribution is -2.35. The molecule has 4 heteroatoms. The molecule has 0 saturated heterocycles. The number of halogens is 1. The van der Waals surface area contributed by atoms with Crippen molar-refractivity contribution in [2.45, 2.75) is 19.9 Å². The number of amides is 1. The van der Waals surface area contributed by atoms with Crippen molar-refractivity contribution >= 4 is 21.8 Å². The minimum atomic E-state index is 0.0653. The van der Waals surface area contributed by atoms with Crippen molar-refractivity contribution in [3.05, 3.63) is 34.3 Å². The van der Waals surface area contributed by atoms with Crippen molar-refractivity contribution in [3.63, 3.8) is 0 Å². The van der Waals surface area contributed by atoms with Crippen LogP contribution in [0.25, 0.3) is 0 Å². The van der Waals surface area contributed by atoms with Gasteiger partial charge in [0.25, 0.3) is 0 Å². The van der Waals surface area contributed by atoms with E-state index in [1.165, 1.54) is 5.56 Å². The average molecular weight is 299 g/mol. The van der Waals surface area contributed by atoms with E-state index in [0.717, 1.165) is 24.0 Å². The molecule has 0 atom stereocenters. The van der Waals surface area contributed by atoms with Gasteiger partial charge in [-0.25, -0.2) is 0 Å². The van der Waals surface area contributed by atoms with E-state index in [4.69, 9.17) is 0 Å². The largest absolute Gasteiger partial charge is 0.358 e. The van der Waals surface area contributed by atoms with Gasteiger partial charge >= 0.3 is 0 Å². The van der Waals surface area contributed by atoms with Crippen LogP contribution in [-0.2, 0) is 11.3 Å². The molecule has 0 aliphatic heterocycles. The van der Waals surface area contributed by atoms with Gasteiger partial charge in [-0.3, -0.25) is 9.69 Å². The lowest BCUT2D eigenvalue weighted by Gasteiger charge is -2.20. The number of hydrogen-bond acceptors (Lipinski definition) is 2. The molecule has 3 nitrogen and oxygen atoms in total. The summed E-state index contributed by atoms with van der Waals surface area (Å²) in [6.07, 6.45) is 1.05. The number of benzene rings is 1. The van der Waals surface area contributed by atoms with Gasteiger partial charge in [0.05, 0.1) is 6.54 Å². The molecule has 0 bridgehead atoms. The highest BCUT2D eigenvalue weighted by atomic mass is 79.9. The number of carbonyl (C=O) groups excluding carboxylic acids is 1. The van der Waals surface area contributed by atoms with Crippen LogP contribution in [0, 0.1) is 0 Å². The van der Waals surface area contributed by atoms with Crippen LogP contribution in [0.15, 0.2) is 28.7 Å². The van der Waals surface area contributed by atoms with E-state index in [1.54, 1.807) is 7.05 Å². The van der Waals surface area contributed by atoms with Crippen LogP contribution < -0.4 is 5.32 Å². The van der Waals surface area contributed by atoms with Crippen LogP contribution in [0.5, 0.6) is 0 Å². The van der Waals surface area contributed by atoms with E-state index < -0.39 is 0 Å². The summed E-state index contributed by atoms with van der Waals surface area (Å²) in [4.78, 5) is 13.5. The predicted molar refractivity (Wildman–Crippen MR) is 73.8 cm³/mol. The smallest absolute Gasteiger partial charge is 0.233 e. The Morgan fingerprint density at radius 2 is 2.00 bits per heavy atom. The SMILES string of the molecule is CCCN(CC(=O)NC)Cc1ccc(Br)cc1. The normalized spacial score (nSPS) is 10.6. The maximum absolute atomic E-state index is 11.4. The molecule has 0 saturated carbocycles. The van der Waals surface area contributed by atoms with Crippen molar-refractivity contribution in [1.29, 1.82) is 0 Å². The third-order valence-electron chi connectivity index (χ3n) is 2.51. The molecule has 0 aliphatic carbocycles. The summed E-state index contributed by atoms with van der Waals surface area (Å²) in [5.74, 6) is 0.0653. The molecule has 1 N–H and O–H groups in total. The second kappa shape index (κ2) is 7.45. The molecule has 1 rings (SSSR count). The number of hydrogen-bond donors (Lipinski definition) is 1. The minimum absolute atomic E-state index is 0.0653. The molecule has 94 valence electrons. The van der Waals surface area contributed by atoms with Gasteiger partial charge in [0.1, 0.15) is 0 Å². The molecule has 1 aromatic carbocycles. The summed E-state index contributed by atoms with van der Waals surface area (Å²) < 4.78 is 1.08. The van der Waals surface area contributed by atoms with Crippen molar-refractivity contribution in [2.75, 3.05) is 20.1 Å². The Kier molecular flexibility index (Phi) is 6.22. The second-order valence-electron chi connectivity index (χ2n) is 4.01. The second-order valence-corrected chi connectivity index (χ2v) is 4.93. The molecule has 1 amide bonds. The predicted octanol–water partition coefficient (Wildman–Crippen LogP) is 2.41.